The third kappa shape index (κ3) is 1.68. The van der Waals surface area contributed by atoms with Crippen molar-refractivity contribution in [1.29, 1.82) is 0 Å². The number of carbonyl (C=O) groups excluding carboxylic acids is 1. The van der Waals surface area contributed by atoms with E-state index in [0.717, 1.165) is 28.8 Å². The topological polar surface area (TPSA) is 47.3 Å². The molecule has 0 saturated heterocycles. The molecule has 3 aromatic heterocycles. The number of hydrogen-bond acceptors (Lipinski definition) is 3. The highest BCUT2D eigenvalue weighted by molar-refractivity contribution is 5.75. The molecule has 3 heterocycles. The molecule has 4 nitrogen and oxygen atoms in total. The van der Waals surface area contributed by atoms with Gasteiger partial charge in [-0.15, -0.1) is 0 Å². The Hall–Kier alpha value is -2.49. The van der Waals surface area contributed by atoms with Gasteiger partial charge in [0.15, 0.2) is 6.29 Å². The van der Waals surface area contributed by atoms with Crippen molar-refractivity contribution in [2.24, 2.45) is 0 Å². The maximum absolute atomic E-state index is 10.9. The first kappa shape index (κ1) is 10.7. The SMILES string of the molecule is Cc1ccc(-c2ccc3ncc(C=O)n3c2)cn1. The van der Waals surface area contributed by atoms with Crippen molar-refractivity contribution in [1.82, 2.24) is 14.4 Å². The zero-order valence-electron chi connectivity index (χ0n) is 9.87. The molecule has 0 radical (unpaired) electrons. The molecule has 0 aromatic carbocycles. The van der Waals surface area contributed by atoms with Crippen LogP contribution in [0.4, 0.5) is 0 Å². The number of aromatic nitrogens is 3. The van der Waals surface area contributed by atoms with Crippen LogP contribution < -0.4 is 0 Å². The van der Waals surface area contributed by atoms with Crippen LogP contribution in [0.25, 0.3) is 16.8 Å². The molecule has 4 heteroatoms. The van der Waals surface area contributed by atoms with Crippen LogP contribution in [0.5, 0.6) is 0 Å². The molecule has 0 fully saturated rings. The average molecular weight is 237 g/mol. The monoisotopic (exact) mass is 237 g/mol. The second-order valence-electron chi connectivity index (χ2n) is 4.14. The fourth-order valence-corrected chi connectivity index (χ4v) is 1.90. The van der Waals surface area contributed by atoms with Crippen molar-refractivity contribution in [3.8, 4) is 11.1 Å². The van der Waals surface area contributed by atoms with E-state index in [1.165, 1.54) is 0 Å². The van der Waals surface area contributed by atoms with Gasteiger partial charge < -0.3 is 0 Å². The highest BCUT2D eigenvalue weighted by Crippen LogP contribution is 2.19. The number of imidazole rings is 1. The van der Waals surface area contributed by atoms with E-state index in [1.54, 1.807) is 10.6 Å². The maximum Gasteiger partial charge on any atom is 0.168 e. The van der Waals surface area contributed by atoms with E-state index in [4.69, 9.17) is 0 Å². The van der Waals surface area contributed by atoms with E-state index >= 15 is 0 Å². The number of nitrogens with zero attached hydrogens (tertiary/aromatic N) is 3. The molecular formula is C14H11N3O. The van der Waals surface area contributed by atoms with Crippen LogP contribution in [-0.4, -0.2) is 20.7 Å². The number of rotatable bonds is 2. The minimum atomic E-state index is 0.548. The Morgan fingerprint density at radius 3 is 2.61 bits per heavy atom. The molecule has 0 amide bonds. The molecule has 0 aliphatic carbocycles. The minimum Gasteiger partial charge on any atom is -0.297 e. The molecule has 0 aliphatic heterocycles. The first-order valence-corrected chi connectivity index (χ1v) is 5.63. The predicted molar refractivity (Wildman–Crippen MR) is 68.5 cm³/mol. The zero-order chi connectivity index (χ0) is 12.5. The molecular weight excluding hydrogens is 226 g/mol. The van der Waals surface area contributed by atoms with Crippen LogP contribution in [0.3, 0.4) is 0 Å². The summed E-state index contributed by atoms with van der Waals surface area (Å²) in [5.74, 6) is 0. The van der Waals surface area contributed by atoms with Crippen LogP contribution in [-0.2, 0) is 0 Å². The zero-order valence-corrected chi connectivity index (χ0v) is 9.87. The second kappa shape index (κ2) is 4.07. The lowest BCUT2D eigenvalue weighted by Gasteiger charge is -2.03. The van der Waals surface area contributed by atoms with Gasteiger partial charge in [-0.1, -0.05) is 6.07 Å². The van der Waals surface area contributed by atoms with Crippen molar-refractivity contribution in [3.63, 3.8) is 0 Å². The molecule has 88 valence electrons. The summed E-state index contributed by atoms with van der Waals surface area (Å²) in [6, 6.07) is 7.85. The van der Waals surface area contributed by atoms with Gasteiger partial charge in [-0.2, -0.15) is 0 Å². The highest BCUT2D eigenvalue weighted by atomic mass is 16.1. The molecule has 18 heavy (non-hydrogen) atoms. The summed E-state index contributed by atoms with van der Waals surface area (Å²) in [6.07, 6.45) is 6.10. The molecule has 0 saturated carbocycles. The minimum absolute atomic E-state index is 0.548. The van der Waals surface area contributed by atoms with E-state index in [1.807, 2.05) is 43.6 Å². The second-order valence-corrected chi connectivity index (χ2v) is 4.14. The Morgan fingerprint density at radius 2 is 1.89 bits per heavy atom. The van der Waals surface area contributed by atoms with Crippen molar-refractivity contribution >= 4 is 11.9 Å². The van der Waals surface area contributed by atoms with Gasteiger partial charge in [0, 0.05) is 29.2 Å². The first-order valence-electron chi connectivity index (χ1n) is 5.63. The third-order valence-corrected chi connectivity index (χ3v) is 2.90. The van der Waals surface area contributed by atoms with Crippen molar-refractivity contribution in [2.45, 2.75) is 6.92 Å². The summed E-state index contributed by atoms with van der Waals surface area (Å²) in [5, 5.41) is 0. The number of aldehydes is 1. The smallest absolute Gasteiger partial charge is 0.168 e. The van der Waals surface area contributed by atoms with Gasteiger partial charge in [0.05, 0.1) is 6.20 Å². The van der Waals surface area contributed by atoms with E-state index in [-0.39, 0.29) is 0 Å². The molecule has 3 aromatic rings. The fourth-order valence-electron chi connectivity index (χ4n) is 1.90. The Morgan fingerprint density at radius 1 is 1.06 bits per heavy atom. The van der Waals surface area contributed by atoms with E-state index in [9.17, 15) is 4.79 Å². The Labute approximate surface area is 104 Å². The highest BCUT2D eigenvalue weighted by Gasteiger charge is 2.04. The lowest BCUT2D eigenvalue weighted by Crippen LogP contribution is -1.92. The van der Waals surface area contributed by atoms with Crippen LogP contribution in [0.15, 0.2) is 42.9 Å². The van der Waals surface area contributed by atoms with E-state index in [0.29, 0.717) is 5.69 Å². The Bertz CT molecular complexity index is 713. The molecule has 0 spiro atoms. The molecule has 0 atom stereocenters. The normalized spacial score (nSPS) is 10.7. The summed E-state index contributed by atoms with van der Waals surface area (Å²) in [4.78, 5) is 19.3. The quantitative estimate of drug-likeness (QED) is 0.643. The Kier molecular flexibility index (Phi) is 2.41. The van der Waals surface area contributed by atoms with Gasteiger partial charge in [0.25, 0.3) is 0 Å². The lowest BCUT2D eigenvalue weighted by molar-refractivity contribution is 0.111. The molecule has 0 aliphatic rings. The van der Waals surface area contributed by atoms with Crippen molar-refractivity contribution in [3.05, 3.63) is 54.2 Å². The van der Waals surface area contributed by atoms with Gasteiger partial charge in [-0.3, -0.25) is 14.2 Å². The number of fused-ring (bicyclic) bond motifs is 1. The number of pyridine rings is 2. The molecule has 0 unspecified atom stereocenters. The molecule has 3 rings (SSSR count). The number of hydrogen-bond donors (Lipinski definition) is 0. The van der Waals surface area contributed by atoms with Crippen molar-refractivity contribution < 1.29 is 4.79 Å². The van der Waals surface area contributed by atoms with Crippen LogP contribution in [0.1, 0.15) is 16.2 Å². The summed E-state index contributed by atoms with van der Waals surface area (Å²) >= 11 is 0. The summed E-state index contributed by atoms with van der Waals surface area (Å²) in [6.45, 7) is 1.95. The standard InChI is InChI=1S/C14H11N3O/c1-10-2-3-11(6-15-10)12-4-5-14-16-7-13(9-18)17(14)8-12/h2-9H,1H3. The van der Waals surface area contributed by atoms with Gasteiger partial charge in [-0.05, 0) is 25.1 Å². The van der Waals surface area contributed by atoms with Gasteiger partial charge in [0.1, 0.15) is 11.3 Å². The number of carbonyl (C=O) groups is 1. The third-order valence-electron chi connectivity index (χ3n) is 2.90. The lowest BCUT2D eigenvalue weighted by atomic mass is 10.1. The summed E-state index contributed by atoms with van der Waals surface area (Å²) in [5.41, 5.74) is 4.33. The first-order chi connectivity index (χ1) is 8.78. The summed E-state index contributed by atoms with van der Waals surface area (Å²) < 4.78 is 1.78. The molecule has 0 bridgehead atoms. The maximum atomic E-state index is 10.9. The average Bonchev–Trinajstić information content (AvgIpc) is 2.81. The van der Waals surface area contributed by atoms with Crippen LogP contribution in [0.2, 0.25) is 0 Å². The van der Waals surface area contributed by atoms with Gasteiger partial charge in [-0.25, -0.2) is 4.98 Å². The Balaban J connectivity index is 2.17. The predicted octanol–water partition coefficient (Wildman–Crippen LogP) is 2.52. The fraction of sp³-hybridized carbons (Fsp3) is 0.0714. The van der Waals surface area contributed by atoms with Gasteiger partial charge >= 0.3 is 0 Å². The van der Waals surface area contributed by atoms with Crippen LogP contribution in [0, 0.1) is 6.92 Å². The largest absolute Gasteiger partial charge is 0.297 e. The van der Waals surface area contributed by atoms with Crippen molar-refractivity contribution in [2.75, 3.05) is 0 Å². The summed E-state index contributed by atoms with van der Waals surface area (Å²) in [7, 11) is 0. The van der Waals surface area contributed by atoms with Gasteiger partial charge in [0.2, 0.25) is 0 Å². The number of aryl methyl sites for hydroxylation is 1. The van der Waals surface area contributed by atoms with E-state index in [2.05, 4.69) is 9.97 Å². The molecule has 0 N–H and O–H groups in total. The van der Waals surface area contributed by atoms with E-state index < -0.39 is 0 Å². The van der Waals surface area contributed by atoms with Crippen LogP contribution >= 0.6 is 0 Å².